The Morgan fingerprint density at radius 2 is 1.32 bits per heavy atom. The number of anilines is 3. The highest BCUT2D eigenvalue weighted by Gasteiger charge is 2.19. The summed E-state index contributed by atoms with van der Waals surface area (Å²) in [7, 11) is -7.68. The Morgan fingerprint density at radius 1 is 0.703 bits per heavy atom. The predicted octanol–water partition coefficient (Wildman–Crippen LogP) is 4.55. The number of aromatic nitrogens is 1. The Bertz CT molecular complexity index is 1640. The summed E-state index contributed by atoms with van der Waals surface area (Å²) < 4.78 is 55.7. The van der Waals surface area contributed by atoms with E-state index in [1.54, 1.807) is 49.4 Å². The Morgan fingerprint density at radius 3 is 1.95 bits per heavy atom. The molecular weight excluding hydrogens is 512 g/mol. The van der Waals surface area contributed by atoms with Crippen molar-refractivity contribution < 1.29 is 21.6 Å². The van der Waals surface area contributed by atoms with Gasteiger partial charge in [0.05, 0.1) is 27.4 Å². The third-order valence-corrected chi connectivity index (χ3v) is 8.27. The molecule has 1 amide bonds. The topological polar surface area (TPSA) is 134 Å². The van der Waals surface area contributed by atoms with Crippen LogP contribution in [0.4, 0.5) is 17.1 Å². The first-order valence-electron chi connectivity index (χ1n) is 11.1. The molecule has 9 nitrogen and oxygen atoms in total. The minimum absolute atomic E-state index is 0.0121. The Kier molecular flexibility index (Phi) is 7.28. The van der Waals surface area contributed by atoms with Crippen LogP contribution in [0.2, 0.25) is 0 Å². The number of rotatable bonds is 8. The summed E-state index contributed by atoms with van der Waals surface area (Å²) in [6.07, 6.45) is 2.93. The molecule has 1 aromatic heterocycles. The van der Waals surface area contributed by atoms with Gasteiger partial charge in [-0.25, -0.2) is 16.8 Å². The SMILES string of the molecule is Cc1ccc(S(=O)(=O)Nc2cccc(C(=O)Nc3ccc(S(=O)(=O)Nc4cccnc4)cc3)c2C)cc1. The van der Waals surface area contributed by atoms with Gasteiger partial charge in [-0.15, -0.1) is 0 Å². The lowest BCUT2D eigenvalue weighted by Crippen LogP contribution is -2.17. The lowest BCUT2D eigenvalue weighted by atomic mass is 10.1. The Hall–Kier alpha value is -4.22. The summed E-state index contributed by atoms with van der Waals surface area (Å²) in [4.78, 5) is 17.0. The van der Waals surface area contributed by atoms with Gasteiger partial charge < -0.3 is 5.32 Å². The predicted molar refractivity (Wildman–Crippen MR) is 143 cm³/mol. The van der Waals surface area contributed by atoms with E-state index in [1.165, 1.54) is 48.8 Å². The zero-order chi connectivity index (χ0) is 26.6. The quantitative estimate of drug-likeness (QED) is 0.302. The van der Waals surface area contributed by atoms with Crippen molar-refractivity contribution in [3.63, 3.8) is 0 Å². The number of amides is 1. The molecule has 0 unspecified atom stereocenters. The van der Waals surface area contributed by atoms with Crippen molar-refractivity contribution >= 4 is 43.0 Å². The minimum atomic E-state index is -3.84. The van der Waals surface area contributed by atoms with E-state index >= 15 is 0 Å². The van der Waals surface area contributed by atoms with Gasteiger partial charge in [0.25, 0.3) is 26.0 Å². The monoisotopic (exact) mass is 536 g/mol. The van der Waals surface area contributed by atoms with Crippen molar-refractivity contribution in [2.45, 2.75) is 23.6 Å². The zero-order valence-electron chi connectivity index (χ0n) is 20.0. The van der Waals surface area contributed by atoms with Crippen LogP contribution in [0, 0.1) is 13.8 Å². The van der Waals surface area contributed by atoms with Crippen molar-refractivity contribution in [2.75, 3.05) is 14.8 Å². The van der Waals surface area contributed by atoms with Gasteiger partial charge in [0, 0.05) is 17.4 Å². The summed E-state index contributed by atoms with van der Waals surface area (Å²) in [6, 6.07) is 20.0. The number of carbonyl (C=O) groups excluding carboxylic acids is 1. The molecule has 3 N–H and O–H groups in total. The Labute approximate surface area is 215 Å². The number of sulfonamides is 2. The number of carbonyl (C=O) groups is 1. The van der Waals surface area contributed by atoms with Crippen molar-refractivity contribution in [2.24, 2.45) is 0 Å². The normalized spacial score (nSPS) is 11.5. The maximum Gasteiger partial charge on any atom is 0.261 e. The maximum atomic E-state index is 13.0. The fourth-order valence-electron chi connectivity index (χ4n) is 3.47. The van der Waals surface area contributed by atoms with Crippen LogP contribution < -0.4 is 14.8 Å². The second-order valence-electron chi connectivity index (χ2n) is 8.22. The van der Waals surface area contributed by atoms with E-state index in [4.69, 9.17) is 0 Å². The second kappa shape index (κ2) is 10.4. The third-order valence-electron chi connectivity index (χ3n) is 5.49. The van der Waals surface area contributed by atoms with Gasteiger partial charge in [-0.05, 0) is 80.1 Å². The summed E-state index contributed by atoms with van der Waals surface area (Å²) in [5, 5.41) is 2.71. The first kappa shape index (κ1) is 25.9. The number of hydrogen-bond donors (Lipinski definition) is 3. The van der Waals surface area contributed by atoms with Crippen molar-refractivity contribution in [3.8, 4) is 0 Å². The average molecular weight is 537 g/mol. The van der Waals surface area contributed by atoms with Crippen LogP contribution in [0.1, 0.15) is 21.5 Å². The van der Waals surface area contributed by atoms with Crippen LogP contribution in [0.15, 0.2) is 101 Å². The molecule has 0 radical (unpaired) electrons. The van der Waals surface area contributed by atoms with Crippen molar-refractivity contribution in [3.05, 3.63) is 108 Å². The zero-order valence-corrected chi connectivity index (χ0v) is 21.6. The van der Waals surface area contributed by atoms with Gasteiger partial charge in [-0.3, -0.25) is 19.2 Å². The summed E-state index contributed by atoms with van der Waals surface area (Å²) in [6.45, 7) is 3.50. The van der Waals surface area contributed by atoms with Crippen LogP contribution in [0.3, 0.4) is 0 Å². The van der Waals surface area contributed by atoms with Gasteiger partial charge in [-0.2, -0.15) is 0 Å². The van der Waals surface area contributed by atoms with Crippen molar-refractivity contribution in [1.82, 2.24) is 4.98 Å². The van der Waals surface area contributed by atoms with Gasteiger partial charge in [0.15, 0.2) is 0 Å². The van der Waals surface area contributed by atoms with Crippen LogP contribution in [0.5, 0.6) is 0 Å². The number of nitrogens with one attached hydrogen (secondary N) is 3. The molecule has 1 heterocycles. The standard InChI is InChI=1S/C26H24N4O5S2/c1-18-8-12-22(13-9-18)37(34,35)30-25-7-3-6-24(19(25)2)26(31)28-20-10-14-23(15-11-20)36(32,33)29-21-5-4-16-27-17-21/h3-17,29-30H,1-2H3,(H,28,31). The Balaban J connectivity index is 1.49. The average Bonchev–Trinajstić information content (AvgIpc) is 2.86. The molecule has 4 rings (SSSR count). The van der Waals surface area contributed by atoms with Crippen LogP contribution in [-0.4, -0.2) is 27.7 Å². The minimum Gasteiger partial charge on any atom is -0.322 e. The van der Waals surface area contributed by atoms with Gasteiger partial charge in [-0.1, -0.05) is 23.8 Å². The number of aryl methyl sites for hydroxylation is 1. The molecule has 4 aromatic rings. The molecule has 37 heavy (non-hydrogen) atoms. The summed E-state index contributed by atoms with van der Waals surface area (Å²) in [5.41, 5.74) is 2.61. The van der Waals surface area contributed by atoms with Gasteiger partial charge in [0.2, 0.25) is 0 Å². The lowest BCUT2D eigenvalue weighted by molar-refractivity contribution is 0.102. The highest BCUT2D eigenvalue weighted by atomic mass is 32.2. The molecule has 0 aliphatic rings. The molecule has 0 saturated heterocycles. The molecule has 0 saturated carbocycles. The highest BCUT2D eigenvalue weighted by molar-refractivity contribution is 7.93. The molecule has 11 heteroatoms. The van der Waals surface area contributed by atoms with Gasteiger partial charge >= 0.3 is 0 Å². The van der Waals surface area contributed by atoms with E-state index in [1.807, 2.05) is 6.92 Å². The molecule has 0 bridgehead atoms. The van der Waals surface area contributed by atoms with E-state index in [0.717, 1.165) is 5.56 Å². The van der Waals surface area contributed by atoms with Crippen molar-refractivity contribution in [1.29, 1.82) is 0 Å². The fraction of sp³-hybridized carbons (Fsp3) is 0.0769. The van der Waals surface area contributed by atoms with Crippen LogP contribution in [-0.2, 0) is 20.0 Å². The van der Waals surface area contributed by atoms with E-state index in [9.17, 15) is 21.6 Å². The lowest BCUT2D eigenvalue weighted by Gasteiger charge is -2.14. The van der Waals surface area contributed by atoms with Gasteiger partial charge in [0.1, 0.15) is 0 Å². The molecular formula is C26H24N4O5S2. The maximum absolute atomic E-state index is 13.0. The molecule has 190 valence electrons. The summed E-state index contributed by atoms with van der Waals surface area (Å²) >= 11 is 0. The van der Waals surface area contributed by atoms with E-state index in [-0.39, 0.29) is 21.0 Å². The first-order valence-corrected chi connectivity index (χ1v) is 14.1. The smallest absolute Gasteiger partial charge is 0.261 e. The molecule has 3 aromatic carbocycles. The molecule has 0 fully saturated rings. The summed E-state index contributed by atoms with van der Waals surface area (Å²) in [5.74, 6) is -0.474. The number of benzene rings is 3. The molecule has 0 spiro atoms. The third kappa shape index (κ3) is 6.13. The largest absolute Gasteiger partial charge is 0.322 e. The van der Waals surface area contributed by atoms with E-state index < -0.39 is 26.0 Å². The molecule has 0 aliphatic carbocycles. The molecule has 0 atom stereocenters. The van der Waals surface area contributed by atoms with Crippen LogP contribution in [0.25, 0.3) is 0 Å². The van der Waals surface area contributed by atoms with E-state index in [2.05, 4.69) is 19.7 Å². The first-order chi connectivity index (χ1) is 17.5. The van der Waals surface area contributed by atoms with E-state index in [0.29, 0.717) is 16.9 Å². The fourth-order valence-corrected chi connectivity index (χ4v) is 5.63. The number of hydrogen-bond acceptors (Lipinski definition) is 6. The second-order valence-corrected chi connectivity index (χ2v) is 11.6. The highest BCUT2D eigenvalue weighted by Crippen LogP contribution is 2.24. The van der Waals surface area contributed by atoms with Crippen LogP contribution >= 0.6 is 0 Å². The number of pyridine rings is 1. The number of nitrogens with zero attached hydrogens (tertiary/aromatic N) is 1. The molecule has 0 aliphatic heterocycles.